The van der Waals surface area contributed by atoms with Gasteiger partial charge in [0.1, 0.15) is 5.78 Å². The molecule has 1 amide bonds. The molecule has 1 aliphatic carbocycles. The first-order valence-corrected chi connectivity index (χ1v) is 9.51. The average molecular weight is 421 g/mol. The van der Waals surface area contributed by atoms with Crippen LogP contribution in [0.1, 0.15) is 30.4 Å². The molecule has 2 aromatic rings. The fourth-order valence-corrected chi connectivity index (χ4v) is 3.31. The molecule has 3 rings (SSSR count). The van der Waals surface area contributed by atoms with E-state index in [1.807, 2.05) is 0 Å². The Kier molecular flexibility index (Phi) is 6.71. The number of methoxy groups -OCH3 is 1. The summed E-state index contributed by atoms with van der Waals surface area (Å²) in [6.07, 6.45) is -0.0131. The van der Waals surface area contributed by atoms with Gasteiger partial charge in [0.15, 0.2) is 5.82 Å². The topological polar surface area (TPSA) is 73.2 Å². The Morgan fingerprint density at radius 1 is 1.37 bits per heavy atom. The zero-order chi connectivity index (χ0) is 21.7. The number of nitrogens with zero attached hydrogens (tertiary/aromatic N) is 2. The Bertz CT molecular complexity index is 950. The molecule has 1 fully saturated rings. The molecule has 6 nitrogen and oxygen atoms in total. The van der Waals surface area contributed by atoms with Gasteiger partial charge in [-0.3, -0.25) is 14.3 Å². The monoisotopic (exact) mass is 421 g/mol. The average Bonchev–Trinajstić information content (AvgIpc) is 3.32. The predicted octanol–water partition coefficient (Wildman–Crippen LogP) is 3.94. The summed E-state index contributed by atoms with van der Waals surface area (Å²) >= 11 is 0. The van der Waals surface area contributed by atoms with Crippen LogP contribution in [0.25, 0.3) is 5.57 Å². The standard InChI is InChI=1S/C21H22F3N3O3/c1-30-10-9-27-8-7-19(26-27)25-20(29)18(12-14-5-6-17(28)11-14)15-3-2-4-16(13-15)21(22,23)24/h2-4,7-8,12-14H,5-6,9-11H2,1H3,(H,25,26,29)/b18-12+/t14-/m0/s1. The Balaban J connectivity index is 1.88. The highest BCUT2D eigenvalue weighted by Gasteiger charge is 2.31. The van der Waals surface area contributed by atoms with Crippen molar-refractivity contribution >= 4 is 23.1 Å². The minimum absolute atomic E-state index is 0.0805. The van der Waals surface area contributed by atoms with E-state index < -0.39 is 17.6 Å². The quantitative estimate of drug-likeness (QED) is 0.688. The smallest absolute Gasteiger partial charge is 0.383 e. The van der Waals surface area contributed by atoms with Gasteiger partial charge in [-0.05, 0) is 30.0 Å². The molecule has 1 atom stereocenters. The highest BCUT2D eigenvalue weighted by atomic mass is 19.4. The zero-order valence-electron chi connectivity index (χ0n) is 16.4. The van der Waals surface area contributed by atoms with Gasteiger partial charge in [-0.25, -0.2) is 0 Å². The number of rotatable bonds is 7. The molecule has 1 N–H and O–H groups in total. The summed E-state index contributed by atoms with van der Waals surface area (Å²) in [4.78, 5) is 24.6. The van der Waals surface area contributed by atoms with Crippen LogP contribution >= 0.6 is 0 Å². The van der Waals surface area contributed by atoms with Crippen LogP contribution < -0.4 is 5.32 Å². The number of allylic oxidation sites excluding steroid dienone is 1. The molecular weight excluding hydrogens is 399 g/mol. The van der Waals surface area contributed by atoms with Crippen LogP contribution in [-0.4, -0.2) is 35.2 Å². The van der Waals surface area contributed by atoms with E-state index in [0.29, 0.717) is 26.0 Å². The molecular formula is C21H22F3N3O3. The second kappa shape index (κ2) is 9.25. The van der Waals surface area contributed by atoms with E-state index in [9.17, 15) is 22.8 Å². The van der Waals surface area contributed by atoms with E-state index in [2.05, 4.69) is 10.4 Å². The number of hydrogen-bond acceptors (Lipinski definition) is 4. The number of carbonyl (C=O) groups is 2. The number of carbonyl (C=O) groups excluding carboxylic acids is 2. The molecule has 0 radical (unpaired) electrons. The summed E-state index contributed by atoms with van der Waals surface area (Å²) in [7, 11) is 1.56. The van der Waals surface area contributed by atoms with Gasteiger partial charge in [-0.1, -0.05) is 18.2 Å². The number of amides is 1. The van der Waals surface area contributed by atoms with E-state index in [-0.39, 0.29) is 35.1 Å². The molecule has 9 heteroatoms. The lowest BCUT2D eigenvalue weighted by Crippen LogP contribution is -2.16. The van der Waals surface area contributed by atoms with Crippen LogP contribution in [0.2, 0.25) is 0 Å². The minimum Gasteiger partial charge on any atom is -0.383 e. The first-order valence-electron chi connectivity index (χ1n) is 9.51. The van der Waals surface area contributed by atoms with Gasteiger partial charge in [0.2, 0.25) is 0 Å². The summed E-state index contributed by atoms with van der Waals surface area (Å²) in [6, 6.07) is 6.21. The summed E-state index contributed by atoms with van der Waals surface area (Å²) in [5, 5.41) is 6.84. The lowest BCUT2D eigenvalue weighted by Gasteiger charge is -2.13. The number of halogens is 3. The molecule has 0 spiro atoms. The molecule has 0 saturated heterocycles. The summed E-state index contributed by atoms with van der Waals surface area (Å²) in [6.45, 7) is 0.938. The Morgan fingerprint density at radius 2 is 2.17 bits per heavy atom. The predicted molar refractivity (Wildman–Crippen MR) is 105 cm³/mol. The Morgan fingerprint density at radius 3 is 2.83 bits per heavy atom. The van der Waals surface area contributed by atoms with Crippen LogP contribution in [-0.2, 0) is 27.0 Å². The van der Waals surface area contributed by atoms with Crippen molar-refractivity contribution in [3.63, 3.8) is 0 Å². The van der Waals surface area contributed by atoms with Crippen molar-refractivity contribution in [1.29, 1.82) is 0 Å². The largest absolute Gasteiger partial charge is 0.416 e. The van der Waals surface area contributed by atoms with E-state index in [1.165, 1.54) is 12.1 Å². The Labute approximate surface area is 171 Å². The van der Waals surface area contributed by atoms with Gasteiger partial charge < -0.3 is 10.1 Å². The van der Waals surface area contributed by atoms with E-state index >= 15 is 0 Å². The number of benzene rings is 1. The summed E-state index contributed by atoms with van der Waals surface area (Å²) in [5.41, 5.74) is -0.613. The van der Waals surface area contributed by atoms with Crippen LogP contribution in [0.3, 0.4) is 0 Å². The fourth-order valence-electron chi connectivity index (χ4n) is 3.31. The molecule has 0 aliphatic heterocycles. The van der Waals surface area contributed by atoms with Crippen molar-refractivity contribution in [2.45, 2.75) is 32.0 Å². The van der Waals surface area contributed by atoms with Gasteiger partial charge >= 0.3 is 6.18 Å². The highest BCUT2D eigenvalue weighted by Crippen LogP contribution is 2.33. The van der Waals surface area contributed by atoms with Gasteiger partial charge in [-0.2, -0.15) is 18.3 Å². The maximum absolute atomic E-state index is 13.2. The highest BCUT2D eigenvalue weighted by molar-refractivity contribution is 6.25. The van der Waals surface area contributed by atoms with Crippen LogP contribution in [0, 0.1) is 5.92 Å². The van der Waals surface area contributed by atoms with Crippen molar-refractivity contribution in [3.8, 4) is 0 Å². The maximum Gasteiger partial charge on any atom is 0.416 e. The molecule has 30 heavy (non-hydrogen) atoms. The number of Topliss-reactive ketones (excluding diaryl/α,β-unsaturated/α-hetero) is 1. The number of anilines is 1. The van der Waals surface area contributed by atoms with E-state index in [0.717, 1.165) is 12.1 Å². The van der Waals surface area contributed by atoms with Crippen molar-refractivity contribution in [2.75, 3.05) is 19.0 Å². The van der Waals surface area contributed by atoms with Crippen molar-refractivity contribution in [2.24, 2.45) is 5.92 Å². The fraction of sp³-hybridized carbons (Fsp3) is 0.381. The van der Waals surface area contributed by atoms with Crippen molar-refractivity contribution in [3.05, 3.63) is 53.7 Å². The first kappa shape index (κ1) is 21.8. The SMILES string of the molecule is COCCn1ccc(NC(=O)/C(=C/[C@H]2CCC(=O)C2)c2cccc(C(F)(F)F)c2)n1. The zero-order valence-corrected chi connectivity index (χ0v) is 16.4. The molecule has 1 aromatic heterocycles. The van der Waals surface area contributed by atoms with E-state index in [4.69, 9.17) is 4.74 Å². The number of hydrogen-bond donors (Lipinski definition) is 1. The lowest BCUT2D eigenvalue weighted by molar-refractivity contribution is -0.137. The van der Waals surface area contributed by atoms with Gasteiger partial charge in [-0.15, -0.1) is 0 Å². The van der Waals surface area contributed by atoms with Crippen LogP contribution in [0.4, 0.5) is 19.0 Å². The number of ether oxygens (including phenoxy) is 1. The number of alkyl halides is 3. The second-order valence-electron chi connectivity index (χ2n) is 7.11. The van der Waals surface area contributed by atoms with Crippen molar-refractivity contribution in [1.82, 2.24) is 9.78 Å². The third kappa shape index (κ3) is 5.56. The van der Waals surface area contributed by atoms with Crippen LogP contribution in [0.15, 0.2) is 42.6 Å². The lowest BCUT2D eigenvalue weighted by atomic mass is 9.96. The summed E-state index contributed by atoms with van der Waals surface area (Å²) in [5.74, 6) is -0.411. The van der Waals surface area contributed by atoms with Gasteiger partial charge in [0.05, 0.1) is 18.7 Å². The Hall–Kier alpha value is -2.94. The van der Waals surface area contributed by atoms with Crippen LogP contribution in [0.5, 0.6) is 0 Å². The van der Waals surface area contributed by atoms with Gasteiger partial charge in [0, 0.05) is 37.8 Å². The number of ketones is 1. The third-order valence-electron chi connectivity index (χ3n) is 4.84. The molecule has 0 unspecified atom stereocenters. The molecule has 160 valence electrons. The second-order valence-corrected chi connectivity index (χ2v) is 7.11. The maximum atomic E-state index is 13.2. The molecule has 1 heterocycles. The van der Waals surface area contributed by atoms with E-state index in [1.54, 1.807) is 30.1 Å². The number of nitrogens with one attached hydrogen (secondary N) is 1. The third-order valence-corrected chi connectivity index (χ3v) is 4.84. The number of aromatic nitrogens is 2. The minimum atomic E-state index is -4.53. The summed E-state index contributed by atoms with van der Waals surface area (Å²) < 4.78 is 46.0. The molecule has 0 bridgehead atoms. The van der Waals surface area contributed by atoms with Crippen molar-refractivity contribution < 1.29 is 27.5 Å². The normalized spacial score (nSPS) is 17.4. The molecule has 1 aromatic carbocycles. The molecule has 1 aliphatic rings. The molecule has 1 saturated carbocycles. The van der Waals surface area contributed by atoms with Gasteiger partial charge in [0.25, 0.3) is 5.91 Å². The first-order chi connectivity index (χ1) is 14.3.